The Morgan fingerprint density at radius 2 is 1.52 bits per heavy atom. The molecule has 0 spiro atoms. The van der Waals surface area contributed by atoms with Crippen molar-refractivity contribution in [1.29, 1.82) is 0 Å². The first-order valence-electron chi connectivity index (χ1n) is 9.76. The Morgan fingerprint density at radius 1 is 0.960 bits per heavy atom. The standard InChI is InChI=1S/C21H32N2O2/c1-3-14-23(15-4-2)21(25)19-12-10-18(11-13-19)20(24)22-16-17-8-6-5-7-9-17/h5-9,18-19H,3-4,10-16H2,1-2H3,(H,22,24). The van der Waals surface area contributed by atoms with Gasteiger partial charge in [-0.2, -0.15) is 0 Å². The minimum atomic E-state index is 0.0542. The lowest BCUT2D eigenvalue weighted by Gasteiger charge is -2.31. The smallest absolute Gasteiger partial charge is 0.225 e. The second kappa shape index (κ2) is 10.2. The van der Waals surface area contributed by atoms with Gasteiger partial charge in [-0.1, -0.05) is 44.2 Å². The maximum Gasteiger partial charge on any atom is 0.225 e. The molecular weight excluding hydrogens is 312 g/mol. The van der Waals surface area contributed by atoms with Crippen LogP contribution in [0.5, 0.6) is 0 Å². The van der Waals surface area contributed by atoms with Gasteiger partial charge in [-0.15, -0.1) is 0 Å². The number of hydrogen-bond acceptors (Lipinski definition) is 2. The number of carbonyl (C=O) groups is 2. The van der Waals surface area contributed by atoms with E-state index in [2.05, 4.69) is 19.2 Å². The van der Waals surface area contributed by atoms with Crippen LogP contribution in [-0.2, 0) is 16.1 Å². The fraction of sp³-hybridized carbons (Fsp3) is 0.619. The Labute approximate surface area is 152 Å². The van der Waals surface area contributed by atoms with Crippen molar-refractivity contribution >= 4 is 11.8 Å². The molecule has 0 radical (unpaired) electrons. The van der Waals surface area contributed by atoms with Crippen LogP contribution in [-0.4, -0.2) is 29.8 Å². The lowest BCUT2D eigenvalue weighted by Crippen LogP contribution is -2.40. The van der Waals surface area contributed by atoms with Crippen molar-refractivity contribution in [3.8, 4) is 0 Å². The van der Waals surface area contributed by atoms with Gasteiger partial charge in [0.25, 0.3) is 0 Å². The fourth-order valence-corrected chi connectivity index (χ4v) is 3.66. The van der Waals surface area contributed by atoms with Crippen molar-refractivity contribution in [3.63, 3.8) is 0 Å². The number of hydrogen-bond donors (Lipinski definition) is 1. The molecule has 1 fully saturated rings. The summed E-state index contributed by atoms with van der Waals surface area (Å²) in [4.78, 5) is 27.1. The Kier molecular flexibility index (Phi) is 7.96. The molecule has 0 aliphatic heterocycles. The van der Waals surface area contributed by atoms with Gasteiger partial charge in [0.2, 0.25) is 11.8 Å². The van der Waals surface area contributed by atoms with E-state index >= 15 is 0 Å². The summed E-state index contributed by atoms with van der Waals surface area (Å²) in [7, 11) is 0. The molecule has 25 heavy (non-hydrogen) atoms. The summed E-state index contributed by atoms with van der Waals surface area (Å²) in [6, 6.07) is 9.98. The topological polar surface area (TPSA) is 49.4 Å². The largest absolute Gasteiger partial charge is 0.352 e. The zero-order chi connectivity index (χ0) is 18.1. The fourth-order valence-electron chi connectivity index (χ4n) is 3.66. The second-order valence-corrected chi connectivity index (χ2v) is 7.08. The van der Waals surface area contributed by atoms with Crippen molar-refractivity contribution in [1.82, 2.24) is 10.2 Å². The third-order valence-corrected chi connectivity index (χ3v) is 5.06. The Morgan fingerprint density at radius 3 is 2.08 bits per heavy atom. The van der Waals surface area contributed by atoms with Crippen LogP contribution in [0.2, 0.25) is 0 Å². The SMILES string of the molecule is CCCN(CCC)C(=O)C1CCC(C(=O)NCc2ccccc2)CC1. The summed E-state index contributed by atoms with van der Waals surface area (Å²) in [5.41, 5.74) is 1.12. The van der Waals surface area contributed by atoms with Crippen LogP contribution in [0.15, 0.2) is 30.3 Å². The number of amides is 2. The van der Waals surface area contributed by atoms with Gasteiger partial charge >= 0.3 is 0 Å². The third kappa shape index (κ3) is 5.87. The molecule has 1 aliphatic carbocycles. The van der Waals surface area contributed by atoms with Gasteiger partial charge in [0.15, 0.2) is 0 Å². The maximum absolute atomic E-state index is 12.7. The first-order chi connectivity index (χ1) is 12.2. The molecule has 4 heteroatoms. The van der Waals surface area contributed by atoms with Gasteiger partial charge in [-0.25, -0.2) is 0 Å². The minimum Gasteiger partial charge on any atom is -0.352 e. The molecule has 2 rings (SSSR count). The molecule has 1 aromatic carbocycles. The number of nitrogens with zero attached hydrogens (tertiary/aromatic N) is 1. The Balaban J connectivity index is 1.78. The van der Waals surface area contributed by atoms with E-state index < -0.39 is 0 Å². The zero-order valence-electron chi connectivity index (χ0n) is 15.7. The highest BCUT2D eigenvalue weighted by atomic mass is 16.2. The van der Waals surface area contributed by atoms with Crippen LogP contribution in [0.25, 0.3) is 0 Å². The molecule has 2 amide bonds. The molecule has 0 atom stereocenters. The minimum absolute atomic E-state index is 0.0542. The molecule has 1 N–H and O–H groups in total. The predicted molar refractivity (Wildman–Crippen MR) is 101 cm³/mol. The van der Waals surface area contributed by atoms with Gasteiger partial charge < -0.3 is 10.2 Å². The molecule has 1 saturated carbocycles. The normalized spacial score (nSPS) is 20.1. The van der Waals surface area contributed by atoms with Gasteiger partial charge in [0.1, 0.15) is 0 Å². The molecule has 0 heterocycles. The number of rotatable bonds is 8. The van der Waals surface area contributed by atoms with Crippen molar-refractivity contribution in [2.45, 2.75) is 58.9 Å². The summed E-state index contributed by atoms with van der Waals surface area (Å²) in [5.74, 6) is 0.593. The molecular formula is C21H32N2O2. The van der Waals surface area contributed by atoms with E-state index in [1.165, 1.54) is 0 Å². The number of benzene rings is 1. The summed E-state index contributed by atoms with van der Waals surface area (Å²) < 4.78 is 0. The van der Waals surface area contributed by atoms with E-state index in [1.807, 2.05) is 35.2 Å². The number of carbonyl (C=O) groups excluding carboxylic acids is 2. The average Bonchev–Trinajstić information content (AvgIpc) is 2.66. The molecule has 1 aliphatic rings. The lowest BCUT2D eigenvalue weighted by atomic mass is 9.81. The molecule has 138 valence electrons. The van der Waals surface area contributed by atoms with Crippen LogP contribution in [0, 0.1) is 11.8 Å². The molecule has 0 saturated heterocycles. The van der Waals surface area contributed by atoms with Gasteiger partial charge in [0, 0.05) is 31.5 Å². The van der Waals surface area contributed by atoms with E-state index in [1.54, 1.807) is 0 Å². The monoisotopic (exact) mass is 344 g/mol. The van der Waals surface area contributed by atoms with Gasteiger partial charge in [-0.05, 0) is 44.1 Å². The van der Waals surface area contributed by atoms with Crippen molar-refractivity contribution in [2.24, 2.45) is 11.8 Å². The highest BCUT2D eigenvalue weighted by molar-refractivity contribution is 5.81. The molecule has 0 unspecified atom stereocenters. The van der Waals surface area contributed by atoms with Crippen molar-refractivity contribution < 1.29 is 9.59 Å². The van der Waals surface area contributed by atoms with Crippen LogP contribution < -0.4 is 5.32 Å². The highest BCUT2D eigenvalue weighted by Gasteiger charge is 2.31. The summed E-state index contributed by atoms with van der Waals surface area (Å²) in [5, 5.41) is 3.04. The quantitative estimate of drug-likeness (QED) is 0.780. The second-order valence-electron chi connectivity index (χ2n) is 7.08. The number of nitrogens with one attached hydrogen (secondary N) is 1. The third-order valence-electron chi connectivity index (χ3n) is 5.06. The molecule has 0 bridgehead atoms. The summed E-state index contributed by atoms with van der Waals surface area (Å²) >= 11 is 0. The predicted octanol–water partition coefficient (Wildman–Crippen LogP) is 3.76. The van der Waals surface area contributed by atoms with E-state index in [4.69, 9.17) is 0 Å². The van der Waals surface area contributed by atoms with E-state index in [0.29, 0.717) is 12.5 Å². The van der Waals surface area contributed by atoms with Gasteiger partial charge in [0.05, 0.1) is 0 Å². The Bertz CT molecular complexity index is 530. The van der Waals surface area contributed by atoms with E-state index in [0.717, 1.165) is 57.2 Å². The van der Waals surface area contributed by atoms with Crippen LogP contribution >= 0.6 is 0 Å². The van der Waals surface area contributed by atoms with E-state index in [-0.39, 0.29) is 17.7 Å². The highest BCUT2D eigenvalue weighted by Crippen LogP contribution is 2.30. The van der Waals surface area contributed by atoms with Crippen LogP contribution in [0.4, 0.5) is 0 Å². The van der Waals surface area contributed by atoms with E-state index in [9.17, 15) is 9.59 Å². The van der Waals surface area contributed by atoms with Crippen molar-refractivity contribution in [2.75, 3.05) is 13.1 Å². The van der Waals surface area contributed by atoms with Crippen LogP contribution in [0.3, 0.4) is 0 Å². The molecule has 1 aromatic rings. The molecule has 4 nitrogen and oxygen atoms in total. The first kappa shape index (κ1) is 19.5. The molecule has 0 aromatic heterocycles. The Hall–Kier alpha value is -1.84. The van der Waals surface area contributed by atoms with Crippen molar-refractivity contribution in [3.05, 3.63) is 35.9 Å². The summed E-state index contributed by atoms with van der Waals surface area (Å²) in [6.45, 7) is 6.52. The maximum atomic E-state index is 12.7. The summed E-state index contributed by atoms with van der Waals surface area (Å²) in [6.07, 6.45) is 5.33. The zero-order valence-corrected chi connectivity index (χ0v) is 15.7. The lowest BCUT2D eigenvalue weighted by molar-refractivity contribution is -0.138. The van der Waals surface area contributed by atoms with Gasteiger partial charge in [-0.3, -0.25) is 9.59 Å². The first-order valence-corrected chi connectivity index (χ1v) is 9.76. The van der Waals surface area contributed by atoms with Crippen LogP contribution in [0.1, 0.15) is 57.9 Å². The average molecular weight is 344 g/mol.